The Balaban J connectivity index is 4.28. The first-order valence-corrected chi connectivity index (χ1v) is 27.4. The number of ether oxygens (including phenoxy) is 3. The highest BCUT2D eigenvalue weighted by Crippen LogP contribution is 2.15. The fourth-order valence-electron chi connectivity index (χ4n) is 7.55. The van der Waals surface area contributed by atoms with Gasteiger partial charge >= 0.3 is 17.9 Å². The molecule has 65 heavy (non-hydrogen) atoms. The highest BCUT2D eigenvalue weighted by Gasteiger charge is 2.19. The van der Waals surface area contributed by atoms with Crippen molar-refractivity contribution in [2.45, 2.75) is 271 Å². The zero-order valence-electron chi connectivity index (χ0n) is 42.7. The first kappa shape index (κ1) is 61.9. The Kier molecular flexibility index (Phi) is 50.9. The largest absolute Gasteiger partial charge is 0.462 e. The summed E-state index contributed by atoms with van der Waals surface area (Å²) in [7, 11) is 0. The number of carbonyl (C=O) groups excluding carboxylic acids is 3. The van der Waals surface area contributed by atoms with Crippen molar-refractivity contribution >= 4 is 17.9 Å². The molecule has 1 atom stereocenters. The molecule has 0 aromatic rings. The molecule has 0 aliphatic carbocycles. The molecule has 6 heteroatoms. The van der Waals surface area contributed by atoms with E-state index in [1.165, 1.54) is 116 Å². The van der Waals surface area contributed by atoms with Gasteiger partial charge in [-0.25, -0.2) is 0 Å². The summed E-state index contributed by atoms with van der Waals surface area (Å²) < 4.78 is 16.8. The molecule has 374 valence electrons. The molecule has 0 spiro atoms. The lowest BCUT2D eigenvalue weighted by Gasteiger charge is -2.18. The Bertz CT molecular complexity index is 1230. The van der Waals surface area contributed by atoms with Crippen molar-refractivity contribution in [1.29, 1.82) is 0 Å². The molecule has 0 heterocycles. The Morgan fingerprint density at radius 1 is 0.323 bits per heavy atom. The van der Waals surface area contributed by atoms with E-state index < -0.39 is 6.10 Å². The molecule has 0 aliphatic heterocycles. The van der Waals surface area contributed by atoms with Gasteiger partial charge in [0.2, 0.25) is 0 Å². The minimum Gasteiger partial charge on any atom is -0.462 e. The molecule has 0 amide bonds. The predicted molar refractivity (Wildman–Crippen MR) is 279 cm³/mol. The van der Waals surface area contributed by atoms with E-state index in [9.17, 15) is 14.4 Å². The molecule has 0 fully saturated rings. The first-order valence-electron chi connectivity index (χ1n) is 27.4. The van der Waals surface area contributed by atoms with Crippen LogP contribution in [0.25, 0.3) is 0 Å². The van der Waals surface area contributed by atoms with E-state index in [1.54, 1.807) is 0 Å². The fraction of sp³-hybridized carbons (Fsp3) is 0.746. The number of hydrogen-bond acceptors (Lipinski definition) is 6. The third-order valence-electron chi connectivity index (χ3n) is 11.6. The molecule has 0 rings (SSSR count). The van der Waals surface area contributed by atoms with Crippen LogP contribution in [-0.4, -0.2) is 37.2 Å². The SMILES string of the molecule is CC/C=C\C/C=C\C/C=C\C/C=C\CCCCCCCCCCCCC(=O)OCC(COC(=O)CCCCCCC/C=C\CCC)OC(=O)CCCCCCC/C=C\CCCCCCC. The van der Waals surface area contributed by atoms with E-state index in [1.807, 2.05) is 0 Å². The molecular formula is C59H102O6. The van der Waals surface area contributed by atoms with Gasteiger partial charge < -0.3 is 14.2 Å². The van der Waals surface area contributed by atoms with Crippen LogP contribution in [-0.2, 0) is 28.6 Å². The van der Waals surface area contributed by atoms with Gasteiger partial charge in [-0.3, -0.25) is 14.4 Å². The molecular weight excluding hydrogens is 805 g/mol. The summed E-state index contributed by atoms with van der Waals surface area (Å²) in [6.45, 7) is 6.45. The van der Waals surface area contributed by atoms with Crippen LogP contribution in [0.1, 0.15) is 265 Å². The number of rotatable bonds is 49. The molecule has 0 aromatic carbocycles. The normalized spacial score (nSPS) is 12.6. The first-order chi connectivity index (χ1) is 32.0. The zero-order chi connectivity index (χ0) is 47.2. The summed E-state index contributed by atoms with van der Waals surface area (Å²) in [6.07, 6.45) is 67.5. The van der Waals surface area contributed by atoms with Crippen LogP contribution in [0.5, 0.6) is 0 Å². The van der Waals surface area contributed by atoms with Crippen LogP contribution >= 0.6 is 0 Å². The Hall–Kier alpha value is -3.15. The average molecular weight is 907 g/mol. The molecule has 6 nitrogen and oxygen atoms in total. The topological polar surface area (TPSA) is 78.9 Å². The van der Waals surface area contributed by atoms with Crippen molar-refractivity contribution < 1.29 is 28.6 Å². The maximum atomic E-state index is 12.8. The van der Waals surface area contributed by atoms with E-state index in [0.717, 1.165) is 109 Å². The second-order valence-electron chi connectivity index (χ2n) is 18.1. The second kappa shape index (κ2) is 53.5. The summed E-state index contributed by atoms with van der Waals surface area (Å²) in [6, 6.07) is 0. The fourth-order valence-corrected chi connectivity index (χ4v) is 7.55. The van der Waals surface area contributed by atoms with E-state index in [2.05, 4.69) is 93.7 Å². The van der Waals surface area contributed by atoms with Gasteiger partial charge in [0, 0.05) is 19.3 Å². The lowest BCUT2D eigenvalue weighted by atomic mass is 10.1. The number of carbonyl (C=O) groups is 3. The van der Waals surface area contributed by atoms with Crippen LogP contribution in [0.4, 0.5) is 0 Å². The van der Waals surface area contributed by atoms with Crippen LogP contribution < -0.4 is 0 Å². The van der Waals surface area contributed by atoms with Crippen molar-refractivity contribution in [2.75, 3.05) is 13.2 Å². The van der Waals surface area contributed by atoms with Gasteiger partial charge in [0.05, 0.1) is 0 Å². The maximum absolute atomic E-state index is 12.8. The molecule has 0 N–H and O–H groups in total. The summed E-state index contributed by atoms with van der Waals surface area (Å²) in [5.74, 6) is -0.903. The quantitative estimate of drug-likeness (QED) is 0.0262. The van der Waals surface area contributed by atoms with Crippen molar-refractivity contribution in [3.8, 4) is 0 Å². The van der Waals surface area contributed by atoms with Crippen LogP contribution in [0.2, 0.25) is 0 Å². The van der Waals surface area contributed by atoms with E-state index >= 15 is 0 Å². The zero-order valence-corrected chi connectivity index (χ0v) is 42.7. The molecule has 0 aliphatic rings. The van der Waals surface area contributed by atoms with Crippen molar-refractivity contribution in [3.05, 3.63) is 72.9 Å². The molecule has 0 bridgehead atoms. The van der Waals surface area contributed by atoms with Gasteiger partial charge in [0.15, 0.2) is 6.10 Å². The Morgan fingerprint density at radius 3 is 1.02 bits per heavy atom. The third kappa shape index (κ3) is 51.7. The van der Waals surface area contributed by atoms with Crippen molar-refractivity contribution in [3.63, 3.8) is 0 Å². The number of esters is 3. The standard InChI is InChI=1S/C59H102O6/c1-4-7-10-13-16-19-22-24-26-27-28-29-30-31-32-33-34-36-37-40-43-46-49-52-58(61)64-55-56(54-63-57(60)51-48-45-42-39-21-18-15-12-9-6-3)65-59(62)53-50-47-44-41-38-35-25-23-20-17-14-11-8-5-2/h7,10,12,15-16,19,23-26,28-29,56H,4-6,8-9,11,13-14,17-18,20-22,27,30-55H2,1-3H3/b10-7-,15-12-,19-16-,25-23-,26-24-,29-28-. The van der Waals surface area contributed by atoms with E-state index in [-0.39, 0.29) is 31.1 Å². The van der Waals surface area contributed by atoms with Crippen LogP contribution in [0.15, 0.2) is 72.9 Å². The number of allylic oxidation sites excluding steroid dienone is 12. The highest BCUT2D eigenvalue weighted by atomic mass is 16.6. The molecule has 1 unspecified atom stereocenters. The van der Waals surface area contributed by atoms with Gasteiger partial charge in [0.25, 0.3) is 0 Å². The van der Waals surface area contributed by atoms with Gasteiger partial charge in [-0.1, -0.05) is 216 Å². The summed E-state index contributed by atoms with van der Waals surface area (Å²) in [5.41, 5.74) is 0. The van der Waals surface area contributed by atoms with Gasteiger partial charge in [-0.15, -0.1) is 0 Å². The minimum atomic E-state index is -0.783. The van der Waals surface area contributed by atoms with Crippen LogP contribution in [0, 0.1) is 0 Å². The van der Waals surface area contributed by atoms with Gasteiger partial charge in [-0.05, 0) is 103 Å². The second-order valence-corrected chi connectivity index (χ2v) is 18.1. The molecule has 0 saturated heterocycles. The molecule has 0 aromatic heterocycles. The van der Waals surface area contributed by atoms with Crippen molar-refractivity contribution in [1.82, 2.24) is 0 Å². The highest BCUT2D eigenvalue weighted by molar-refractivity contribution is 5.71. The summed E-state index contributed by atoms with van der Waals surface area (Å²) >= 11 is 0. The predicted octanol–water partition coefficient (Wildman–Crippen LogP) is 18.2. The van der Waals surface area contributed by atoms with Gasteiger partial charge in [-0.2, -0.15) is 0 Å². The maximum Gasteiger partial charge on any atom is 0.306 e. The van der Waals surface area contributed by atoms with Crippen LogP contribution in [0.3, 0.4) is 0 Å². The number of unbranched alkanes of at least 4 members (excludes halogenated alkanes) is 26. The molecule has 0 radical (unpaired) electrons. The Morgan fingerprint density at radius 2 is 0.631 bits per heavy atom. The minimum absolute atomic E-state index is 0.0831. The van der Waals surface area contributed by atoms with E-state index in [0.29, 0.717) is 19.3 Å². The van der Waals surface area contributed by atoms with Gasteiger partial charge in [0.1, 0.15) is 13.2 Å². The average Bonchev–Trinajstić information content (AvgIpc) is 3.30. The number of hydrogen-bond donors (Lipinski definition) is 0. The monoisotopic (exact) mass is 907 g/mol. The lowest BCUT2D eigenvalue weighted by molar-refractivity contribution is -0.167. The van der Waals surface area contributed by atoms with Crippen molar-refractivity contribution in [2.24, 2.45) is 0 Å². The summed E-state index contributed by atoms with van der Waals surface area (Å²) in [4.78, 5) is 38.0. The summed E-state index contributed by atoms with van der Waals surface area (Å²) in [5, 5.41) is 0. The molecule has 0 saturated carbocycles. The van der Waals surface area contributed by atoms with E-state index in [4.69, 9.17) is 14.2 Å². The lowest BCUT2D eigenvalue weighted by Crippen LogP contribution is -2.30. The third-order valence-corrected chi connectivity index (χ3v) is 11.6. The smallest absolute Gasteiger partial charge is 0.306 e. The Labute approximate surface area is 402 Å².